The van der Waals surface area contributed by atoms with E-state index in [4.69, 9.17) is 10.5 Å². The van der Waals surface area contributed by atoms with E-state index >= 15 is 0 Å². The fourth-order valence-electron chi connectivity index (χ4n) is 0.767. The molecule has 66 valence electrons. The Bertz CT molecular complexity index is 113. The summed E-state index contributed by atoms with van der Waals surface area (Å²) in [7, 11) is 1.69. The van der Waals surface area contributed by atoms with Gasteiger partial charge in [0.2, 0.25) is 0 Å². The van der Waals surface area contributed by atoms with E-state index < -0.39 is 0 Å². The van der Waals surface area contributed by atoms with E-state index in [1.54, 1.807) is 7.11 Å². The van der Waals surface area contributed by atoms with Gasteiger partial charge in [-0.05, 0) is 12.8 Å². The topological polar surface area (TPSA) is 47.6 Å². The highest BCUT2D eigenvalue weighted by Crippen LogP contribution is 1.88. The van der Waals surface area contributed by atoms with Crippen LogP contribution in [-0.2, 0) is 4.74 Å². The molecule has 0 aromatic carbocycles. The molecule has 0 amide bonds. The largest absolute Gasteiger partial charge is 0.387 e. The zero-order chi connectivity index (χ0) is 8.53. The van der Waals surface area contributed by atoms with Gasteiger partial charge in [0.15, 0.2) is 0 Å². The Kier molecular flexibility index (Phi) is 7.15. The van der Waals surface area contributed by atoms with E-state index in [9.17, 15) is 0 Å². The summed E-state index contributed by atoms with van der Waals surface area (Å²) in [5, 5.41) is 0. The van der Waals surface area contributed by atoms with Crippen molar-refractivity contribution in [1.29, 1.82) is 0 Å². The lowest BCUT2D eigenvalue weighted by atomic mass is 10.3. The maximum Gasteiger partial charge on any atom is 0.0936 e. The van der Waals surface area contributed by atoms with Gasteiger partial charge in [0.1, 0.15) is 0 Å². The molecule has 0 radical (unpaired) electrons. The second kappa shape index (κ2) is 7.54. The van der Waals surface area contributed by atoms with Gasteiger partial charge in [-0.15, -0.1) is 0 Å². The van der Waals surface area contributed by atoms with E-state index in [2.05, 4.69) is 11.9 Å². The molecule has 0 rings (SSSR count). The first-order valence-corrected chi connectivity index (χ1v) is 4.09. The number of nitrogens with two attached hydrogens (primary N) is 1. The molecule has 0 saturated carbocycles. The number of methoxy groups -OCH3 is 1. The first kappa shape index (κ1) is 10.4. The summed E-state index contributed by atoms with van der Waals surface area (Å²) in [6, 6.07) is 0. The van der Waals surface area contributed by atoms with Crippen molar-refractivity contribution in [2.24, 2.45) is 10.7 Å². The molecule has 0 unspecified atom stereocenters. The summed E-state index contributed by atoms with van der Waals surface area (Å²) >= 11 is 0. The van der Waals surface area contributed by atoms with Crippen LogP contribution in [0.1, 0.15) is 26.2 Å². The first-order chi connectivity index (χ1) is 5.31. The predicted molar refractivity (Wildman–Crippen MR) is 47.9 cm³/mol. The normalized spacial score (nSPS) is 12.0. The summed E-state index contributed by atoms with van der Waals surface area (Å²) in [5.74, 6) is 0.767. The van der Waals surface area contributed by atoms with Crippen molar-refractivity contribution in [2.75, 3.05) is 20.3 Å². The third kappa shape index (κ3) is 7.33. The molecule has 3 heteroatoms. The maximum atomic E-state index is 5.58. The molecular formula is C8H18N2O. The van der Waals surface area contributed by atoms with E-state index in [0.29, 0.717) is 0 Å². The van der Waals surface area contributed by atoms with E-state index in [1.165, 1.54) is 0 Å². The molecule has 0 heterocycles. The Labute approximate surface area is 68.6 Å². The summed E-state index contributed by atoms with van der Waals surface area (Å²) in [5.41, 5.74) is 5.58. The van der Waals surface area contributed by atoms with Crippen molar-refractivity contribution >= 4 is 5.84 Å². The van der Waals surface area contributed by atoms with Gasteiger partial charge in [0, 0.05) is 26.7 Å². The molecule has 11 heavy (non-hydrogen) atoms. The first-order valence-electron chi connectivity index (χ1n) is 4.09. The quantitative estimate of drug-likeness (QED) is 0.358. The molecule has 3 nitrogen and oxygen atoms in total. The van der Waals surface area contributed by atoms with E-state index in [-0.39, 0.29) is 0 Å². The van der Waals surface area contributed by atoms with Crippen molar-refractivity contribution < 1.29 is 4.74 Å². The molecule has 0 atom stereocenters. The lowest BCUT2D eigenvalue weighted by molar-refractivity contribution is 0.197. The van der Waals surface area contributed by atoms with Crippen LogP contribution >= 0.6 is 0 Å². The zero-order valence-electron chi connectivity index (χ0n) is 7.47. The second-order valence-corrected chi connectivity index (χ2v) is 2.47. The van der Waals surface area contributed by atoms with Gasteiger partial charge in [-0.25, -0.2) is 0 Å². The summed E-state index contributed by atoms with van der Waals surface area (Å²) in [4.78, 5) is 4.17. The van der Waals surface area contributed by atoms with Crippen molar-refractivity contribution in [3.63, 3.8) is 0 Å². The Hall–Kier alpha value is -0.570. The van der Waals surface area contributed by atoms with Crippen molar-refractivity contribution in [1.82, 2.24) is 0 Å². The average molecular weight is 158 g/mol. The molecule has 0 bridgehead atoms. The predicted octanol–water partition coefficient (Wildman–Crippen LogP) is 1.18. The third-order valence-corrected chi connectivity index (χ3v) is 1.33. The number of rotatable bonds is 6. The standard InChI is InChI=1S/C8H18N2O/c1-3-5-8(9)10-6-4-7-11-2/h3-7H2,1-2H3,(H2,9,10). The monoisotopic (exact) mass is 158 g/mol. The van der Waals surface area contributed by atoms with Crippen molar-refractivity contribution in [2.45, 2.75) is 26.2 Å². The minimum Gasteiger partial charge on any atom is -0.387 e. The number of aliphatic imine (C=N–C) groups is 1. The van der Waals surface area contributed by atoms with Crippen LogP contribution in [0.4, 0.5) is 0 Å². The Balaban J connectivity index is 3.24. The van der Waals surface area contributed by atoms with Crippen LogP contribution in [0, 0.1) is 0 Å². The van der Waals surface area contributed by atoms with Crippen LogP contribution in [0.2, 0.25) is 0 Å². The van der Waals surface area contributed by atoms with Gasteiger partial charge < -0.3 is 10.5 Å². The molecule has 0 aliphatic carbocycles. The highest BCUT2D eigenvalue weighted by molar-refractivity contribution is 5.80. The second-order valence-electron chi connectivity index (χ2n) is 2.47. The van der Waals surface area contributed by atoms with Crippen molar-refractivity contribution in [3.8, 4) is 0 Å². The Morgan fingerprint density at radius 1 is 1.55 bits per heavy atom. The van der Waals surface area contributed by atoms with Gasteiger partial charge in [-0.1, -0.05) is 6.92 Å². The van der Waals surface area contributed by atoms with Crippen LogP contribution in [0.5, 0.6) is 0 Å². The molecule has 0 aliphatic rings. The van der Waals surface area contributed by atoms with Gasteiger partial charge in [-0.2, -0.15) is 0 Å². The fourth-order valence-corrected chi connectivity index (χ4v) is 0.767. The van der Waals surface area contributed by atoms with Crippen LogP contribution < -0.4 is 5.73 Å². The summed E-state index contributed by atoms with van der Waals surface area (Å²) in [6.45, 7) is 3.65. The molecular weight excluding hydrogens is 140 g/mol. The molecule has 0 fully saturated rings. The van der Waals surface area contributed by atoms with E-state index in [1.807, 2.05) is 0 Å². The van der Waals surface area contributed by atoms with Crippen LogP contribution in [0.25, 0.3) is 0 Å². The number of hydrogen-bond donors (Lipinski definition) is 1. The van der Waals surface area contributed by atoms with Crippen LogP contribution in [0.15, 0.2) is 4.99 Å². The molecule has 0 aromatic heterocycles. The van der Waals surface area contributed by atoms with Gasteiger partial charge in [0.05, 0.1) is 5.84 Å². The molecule has 0 spiro atoms. The summed E-state index contributed by atoms with van der Waals surface area (Å²) < 4.78 is 4.87. The molecule has 0 aromatic rings. The number of nitrogens with zero attached hydrogens (tertiary/aromatic N) is 1. The minimum absolute atomic E-state index is 0.767. The lowest BCUT2D eigenvalue weighted by Gasteiger charge is -1.97. The third-order valence-electron chi connectivity index (χ3n) is 1.33. The lowest BCUT2D eigenvalue weighted by Crippen LogP contribution is -2.11. The fraction of sp³-hybridized carbons (Fsp3) is 0.875. The SMILES string of the molecule is CCCC(N)=NCCCOC. The summed E-state index contributed by atoms with van der Waals surface area (Å²) in [6.07, 6.45) is 2.94. The van der Waals surface area contributed by atoms with Crippen molar-refractivity contribution in [3.05, 3.63) is 0 Å². The van der Waals surface area contributed by atoms with Crippen LogP contribution in [0.3, 0.4) is 0 Å². The smallest absolute Gasteiger partial charge is 0.0936 e. The molecule has 2 N–H and O–H groups in total. The Morgan fingerprint density at radius 2 is 2.27 bits per heavy atom. The van der Waals surface area contributed by atoms with Gasteiger partial charge in [0.25, 0.3) is 0 Å². The molecule has 0 aliphatic heterocycles. The Morgan fingerprint density at radius 3 is 2.82 bits per heavy atom. The van der Waals surface area contributed by atoms with Crippen LogP contribution in [-0.4, -0.2) is 26.1 Å². The highest BCUT2D eigenvalue weighted by atomic mass is 16.5. The maximum absolute atomic E-state index is 5.58. The zero-order valence-corrected chi connectivity index (χ0v) is 7.47. The average Bonchev–Trinajstić information content (AvgIpc) is 1.99. The number of amidine groups is 1. The minimum atomic E-state index is 0.767. The highest BCUT2D eigenvalue weighted by Gasteiger charge is 1.88. The number of hydrogen-bond acceptors (Lipinski definition) is 2. The van der Waals surface area contributed by atoms with E-state index in [0.717, 1.165) is 38.2 Å². The van der Waals surface area contributed by atoms with Gasteiger partial charge in [-0.3, -0.25) is 4.99 Å². The number of ether oxygens (including phenoxy) is 1. The van der Waals surface area contributed by atoms with Gasteiger partial charge >= 0.3 is 0 Å². The molecule has 0 saturated heterocycles.